The summed E-state index contributed by atoms with van der Waals surface area (Å²) in [4.78, 5) is 26.7. The quantitative estimate of drug-likeness (QED) is 0.0195. The Balaban J connectivity index is 2.54. The number of carbonyl (C=O) groups excluding carboxylic acids is 2. The van der Waals surface area contributed by atoms with Gasteiger partial charge in [0.05, 0.1) is 25.4 Å². The summed E-state index contributed by atoms with van der Waals surface area (Å²) in [5.74, 6) is -1.18. The first-order valence-electron chi connectivity index (χ1n) is 37.3. The molecule has 1 heterocycles. The number of esters is 1. The number of carbonyl (C=O) groups is 2. The van der Waals surface area contributed by atoms with Gasteiger partial charge >= 0.3 is 5.97 Å². The Kier molecular flexibility index (Phi) is 60.0. The Morgan fingerprint density at radius 3 is 1.21 bits per heavy atom. The summed E-state index contributed by atoms with van der Waals surface area (Å²) in [5.41, 5.74) is 0. The summed E-state index contributed by atoms with van der Waals surface area (Å²) in [6.07, 6.45) is 67.6. The van der Waals surface area contributed by atoms with Crippen molar-refractivity contribution in [3.63, 3.8) is 0 Å². The average Bonchev–Trinajstić information content (AvgIpc) is 3.39. The van der Waals surface area contributed by atoms with Crippen molar-refractivity contribution in [1.29, 1.82) is 0 Å². The molecule has 0 radical (unpaired) electrons. The van der Waals surface area contributed by atoms with Crippen LogP contribution in [0.5, 0.6) is 0 Å². The number of unbranched alkanes of at least 4 members (excludes halogenated alkanes) is 47. The Bertz CT molecular complexity index is 1540. The largest absolute Gasteiger partial charge is 0.454 e. The molecular weight excluding hydrogens is 1070 g/mol. The Hall–Kier alpha value is -2.12. The fourth-order valence-corrected chi connectivity index (χ4v) is 11.9. The number of ether oxygens (including phenoxy) is 3. The van der Waals surface area contributed by atoms with E-state index in [-0.39, 0.29) is 13.0 Å². The lowest BCUT2D eigenvalue weighted by molar-refractivity contribution is -0.305. The van der Waals surface area contributed by atoms with Crippen molar-refractivity contribution in [2.75, 3.05) is 13.2 Å². The zero-order valence-electron chi connectivity index (χ0n) is 56.5. The highest BCUT2D eigenvalue weighted by Crippen LogP contribution is 2.27. The summed E-state index contributed by atoms with van der Waals surface area (Å²) in [5, 5.41) is 57.3. The van der Waals surface area contributed by atoms with E-state index in [1.54, 1.807) is 6.08 Å². The van der Waals surface area contributed by atoms with Gasteiger partial charge in [-0.15, -0.1) is 0 Å². The standard InChI is InChI=1S/C75H141NO10/c1-4-7-10-13-16-19-22-25-27-29-31-33-35-37-39-41-43-45-48-51-54-57-60-63-70(80)86-73-72(82)71(81)69(64-77)85-75(73)84-65-66(67(78)61-58-55-52-49-46-24-21-18-15-12-9-6-3)76-74(83)68(79)62-59-56-53-50-47-44-42-40-38-36-34-32-30-28-26-23-20-17-14-11-8-5-2/h16,19,25,27,58,61,66-69,71-73,75,77-79,81-82H,4-15,17-18,20-24,26,28-57,59-60,62-65H2,1-3H3,(H,76,83)/b19-16-,27-25-,61-58+. The molecule has 11 heteroatoms. The first kappa shape index (κ1) is 81.9. The highest BCUT2D eigenvalue weighted by molar-refractivity contribution is 5.80. The van der Waals surface area contributed by atoms with Crippen LogP contribution in [0.15, 0.2) is 36.5 Å². The van der Waals surface area contributed by atoms with Crippen LogP contribution < -0.4 is 5.32 Å². The molecule has 11 nitrogen and oxygen atoms in total. The zero-order chi connectivity index (χ0) is 62.4. The minimum atomic E-state index is -1.61. The van der Waals surface area contributed by atoms with E-state index in [4.69, 9.17) is 14.2 Å². The summed E-state index contributed by atoms with van der Waals surface area (Å²) in [7, 11) is 0. The summed E-state index contributed by atoms with van der Waals surface area (Å²) in [6.45, 7) is 5.83. The molecule has 1 amide bonds. The van der Waals surface area contributed by atoms with Crippen molar-refractivity contribution < 1.29 is 49.3 Å². The van der Waals surface area contributed by atoms with Crippen LogP contribution in [0.4, 0.5) is 0 Å². The number of hydrogen-bond acceptors (Lipinski definition) is 10. The predicted octanol–water partition coefficient (Wildman–Crippen LogP) is 19.4. The number of aliphatic hydroxyl groups is 5. The lowest BCUT2D eigenvalue weighted by atomic mass is 9.99. The smallest absolute Gasteiger partial charge is 0.306 e. The van der Waals surface area contributed by atoms with Gasteiger partial charge < -0.3 is 45.1 Å². The number of rotatable bonds is 65. The molecule has 0 aromatic carbocycles. The second-order valence-corrected chi connectivity index (χ2v) is 26.0. The minimum Gasteiger partial charge on any atom is -0.454 e. The predicted molar refractivity (Wildman–Crippen MR) is 361 cm³/mol. The number of hydrogen-bond donors (Lipinski definition) is 6. The lowest BCUT2D eigenvalue weighted by Gasteiger charge is -2.41. The SMILES string of the molecule is CCCCC/C=C\C/C=C\CCCCCCCCCCCCCCCC(=O)OC1C(OCC(NC(=O)C(O)CCCCCCCCCCCCCCCCCCCCCCCC)C(O)/C=C/CCCCCCCCCCCC)OC(CO)C(O)C1O. The average molecular weight is 1220 g/mol. The number of amides is 1. The van der Waals surface area contributed by atoms with Gasteiger partial charge in [-0.05, 0) is 57.8 Å². The number of nitrogens with one attached hydrogen (secondary N) is 1. The maximum Gasteiger partial charge on any atom is 0.306 e. The monoisotopic (exact) mass is 1220 g/mol. The molecule has 0 aliphatic carbocycles. The van der Waals surface area contributed by atoms with Gasteiger partial charge in [0, 0.05) is 6.42 Å². The molecule has 0 spiro atoms. The first-order chi connectivity index (χ1) is 42.2. The lowest BCUT2D eigenvalue weighted by Crippen LogP contribution is -2.61. The third-order valence-electron chi connectivity index (χ3n) is 17.8. The van der Waals surface area contributed by atoms with Gasteiger partial charge in [0.15, 0.2) is 12.4 Å². The normalized spacial score (nSPS) is 18.4. The van der Waals surface area contributed by atoms with Crippen molar-refractivity contribution in [1.82, 2.24) is 5.32 Å². The fraction of sp³-hybridized carbons (Fsp3) is 0.893. The van der Waals surface area contributed by atoms with Crippen molar-refractivity contribution in [3.8, 4) is 0 Å². The van der Waals surface area contributed by atoms with E-state index in [9.17, 15) is 35.1 Å². The van der Waals surface area contributed by atoms with Crippen LogP contribution in [0, 0.1) is 0 Å². The van der Waals surface area contributed by atoms with E-state index >= 15 is 0 Å². The van der Waals surface area contributed by atoms with Gasteiger partial charge in [0.25, 0.3) is 0 Å². The number of aliphatic hydroxyl groups excluding tert-OH is 5. The summed E-state index contributed by atoms with van der Waals surface area (Å²) < 4.78 is 17.7. The molecule has 0 saturated carbocycles. The molecule has 86 heavy (non-hydrogen) atoms. The van der Waals surface area contributed by atoms with Gasteiger partial charge in [0.1, 0.15) is 24.4 Å². The van der Waals surface area contributed by atoms with Crippen LogP contribution in [-0.2, 0) is 23.8 Å². The summed E-state index contributed by atoms with van der Waals surface area (Å²) >= 11 is 0. The van der Waals surface area contributed by atoms with Crippen molar-refractivity contribution in [2.24, 2.45) is 0 Å². The highest BCUT2D eigenvalue weighted by Gasteiger charge is 2.47. The molecule has 0 aromatic heterocycles. The molecule has 1 saturated heterocycles. The molecule has 506 valence electrons. The van der Waals surface area contributed by atoms with E-state index in [2.05, 4.69) is 50.4 Å². The Labute approximate surface area is 530 Å². The van der Waals surface area contributed by atoms with Crippen molar-refractivity contribution in [2.45, 2.75) is 416 Å². The molecule has 8 unspecified atom stereocenters. The second kappa shape index (κ2) is 63.0. The molecule has 1 rings (SSSR count). The molecule has 1 aliphatic rings. The molecule has 1 aliphatic heterocycles. The molecule has 0 bridgehead atoms. The van der Waals surface area contributed by atoms with Crippen molar-refractivity contribution >= 4 is 11.9 Å². The topological polar surface area (TPSA) is 175 Å². The molecular formula is C75H141NO10. The van der Waals surface area contributed by atoms with Gasteiger partial charge in [-0.3, -0.25) is 9.59 Å². The fourth-order valence-electron chi connectivity index (χ4n) is 11.9. The van der Waals surface area contributed by atoms with Crippen LogP contribution >= 0.6 is 0 Å². The molecule has 0 aromatic rings. The van der Waals surface area contributed by atoms with Crippen LogP contribution in [0.3, 0.4) is 0 Å². The summed E-state index contributed by atoms with van der Waals surface area (Å²) in [6, 6.07) is -1.02. The van der Waals surface area contributed by atoms with Crippen LogP contribution in [0.25, 0.3) is 0 Å². The first-order valence-corrected chi connectivity index (χ1v) is 37.3. The van der Waals surface area contributed by atoms with E-state index in [0.717, 1.165) is 64.2 Å². The third-order valence-corrected chi connectivity index (χ3v) is 17.8. The van der Waals surface area contributed by atoms with E-state index in [1.165, 1.54) is 257 Å². The highest BCUT2D eigenvalue weighted by atomic mass is 16.7. The third kappa shape index (κ3) is 49.6. The second-order valence-electron chi connectivity index (χ2n) is 26.0. The Morgan fingerprint density at radius 1 is 0.453 bits per heavy atom. The molecule has 1 fully saturated rings. The van der Waals surface area contributed by atoms with Gasteiger partial charge in [0.2, 0.25) is 5.91 Å². The maximum atomic E-state index is 13.5. The zero-order valence-corrected chi connectivity index (χ0v) is 56.5. The molecule has 8 atom stereocenters. The van der Waals surface area contributed by atoms with Gasteiger partial charge in [-0.1, -0.05) is 340 Å². The Morgan fingerprint density at radius 2 is 0.802 bits per heavy atom. The number of allylic oxidation sites excluding steroid dienone is 5. The van der Waals surface area contributed by atoms with E-state index in [1.807, 2.05) is 6.08 Å². The minimum absolute atomic E-state index is 0.126. The van der Waals surface area contributed by atoms with Gasteiger partial charge in [-0.25, -0.2) is 0 Å². The molecule has 6 N–H and O–H groups in total. The van der Waals surface area contributed by atoms with E-state index < -0.39 is 67.4 Å². The van der Waals surface area contributed by atoms with Gasteiger partial charge in [-0.2, -0.15) is 0 Å². The maximum absolute atomic E-state index is 13.5. The van der Waals surface area contributed by atoms with Crippen LogP contribution in [0.2, 0.25) is 0 Å². The van der Waals surface area contributed by atoms with Crippen molar-refractivity contribution in [3.05, 3.63) is 36.5 Å². The van der Waals surface area contributed by atoms with E-state index in [0.29, 0.717) is 19.3 Å². The van der Waals surface area contributed by atoms with Crippen LogP contribution in [-0.4, -0.2) is 99.6 Å². The van der Waals surface area contributed by atoms with Crippen LogP contribution in [0.1, 0.15) is 367 Å².